The van der Waals surface area contributed by atoms with Crippen LogP contribution in [0.15, 0.2) is 12.2 Å². The van der Waals surface area contributed by atoms with Crippen LogP contribution in [-0.4, -0.2) is 19.6 Å². The van der Waals surface area contributed by atoms with E-state index in [1.165, 1.54) is 161 Å². The van der Waals surface area contributed by atoms with Crippen LogP contribution in [0.25, 0.3) is 0 Å². The molecule has 0 N–H and O–H groups in total. The Morgan fingerprint density at radius 1 is 0.550 bits per heavy atom. The van der Waals surface area contributed by atoms with Gasteiger partial charge in [0, 0.05) is 5.92 Å². The van der Waals surface area contributed by atoms with E-state index in [4.69, 9.17) is 0 Å². The van der Waals surface area contributed by atoms with Gasteiger partial charge in [0.1, 0.15) is 0 Å². The van der Waals surface area contributed by atoms with Crippen LogP contribution in [0.3, 0.4) is 0 Å². The molecule has 0 aliphatic carbocycles. The van der Waals surface area contributed by atoms with Gasteiger partial charge >= 0.3 is 51.4 Å². The maximum Gasteiger partial charge on any atom is 1.00 e. The third-order valence-corrected chi connectivity index (χ3v) is 8.41. The molecule has 0 aliphatic rings. The molecule has 6 heteroatoms. The Bertz CT molecular complexity index is 609. The molecule has 1 unspecified atom stereocenters. The molecular weight excluding hydrogens is 544 g/mol. The molecule has 0 spiro atoms. The molecule has 0 saturated heterocycles. The van der Waals surface area contributed by atoms with Crippen LogP contribution < -0.4 is 51.4 Å². The van der Waals surface area contributed by atoms with Crippen molar-refractivity contribution in [1.29, 1.82) is 0 Å². The van der Waals surface area contributed by atoms with Crippen LogP contribution in [0.4, 0.5) is 0 Å². The van der Waals surface area contributed by atoms with E-state index in [1.807, 2.05) is 0 Å². The zero-order valence-corrected chi connectivity index (χ0v) is 31.2. The molecule has 0 rings (SSSR count). The van der Waals surface area contributed by atoms with Crippen molar-refractivity contribution in [2.45, 2.75) is 194 Å². The molecule has 0 radical (unpaired) electrons. The Labute approximate surface area is 294 Å². The van der Waals surface area contributed by atoms with Gasteiger partial charge in [0.25, 0.3) is 0 Å². The quantitative estimate of drug-likeness (QED) is 0.0251. The van der Waals surface area contributed by atoms with Gasteiger partial charge in [0.2, 0.25) is 10.4 Å². The van der Waals surface area contributed by atoms with Gasteiger partial charge in [-0.25, -0.2) is 8.42 Å². The first kappa shape index (κ1) is 43.4. The Morgan fingerprint density at radius 3 is 1.23 bits per heavy atom. The third kappa shape index (κ3) is 37.3. The van der Waals surface area contributed by atoms with Crippen molar-refractivity contribution in [3.8, 4) is 0 Å². The zero-order chi connectivity index (χ0) is 28.7. The van der Waals surface area contributed by atoms with Gasteiger partial charge in [-0.05, 0) is 19.3 Å². The molecule has 0 saturated carbocycles. The smallest absolute Gasteiger partial charge is 0.726 e. The van der Waals surface area contributed by atoms with Crippen molar-refractivity contribution in [1.82, 2.24) is 0 Å². The number of unbranched alkanes of at least 4 members (excludes halogenated alkanes) is 25. The molecule has 0 fully saturated rings. The summed E-state index contributed by atoms with van der Waals surface area (Å²) in [6, 6.07) is 0. The minimum Gasteiger partial charge on any atom is -0.726 e. The van der Waals surface area contributed by atoms with Crippen molar-refractivity contribution >= 4 is 10.4 Å². The Morgan fingerprint density at radius 2 is 0.875 bits per heavy atom. The normalized spacial score (nSPS) is 12.7. The van der Waals surface area contributed by atoms with E-state index in [2.05, 4.69) is 30.2 Å². The predicted molar refractivity (Wildman–Crippen MR) is 169 cm³/mol. The molecule has 0 aliphatic heterocycles. The van der Waals surface area contributed by atoms with Crippen molar-refractivity contribution in [2.75, 3.05) is 6.61 Å². The summed E-state index contributed by atoms with van der Waals surface area (Å²) in [5.41, 5.74) is 0. The molecule has 4 nitrogen and oxygen atoms in total. The van der Waals surface area contributed by atoms with Crippen molar-refractivity contribution < 1.29 is 68.5 Å². The maximum absolute atomic E-state index is 10.9. The third-order valence-electron chi connectivity index (χ3n) is 7.99. The minimum atomic E-state index is -4.62. The molecule has 0 heterocycles. The molecule has 40 heavy (non-hydrogen) atoms. The van der Waals surface area contributed by atoms with E-state index in [-0.39, 0.29) is 63.9 Å². The largest absolute Gasteiger partial charge is 1.00 e. The van der Waals surface area contributed by atoms with Gasteiger partial charge in [-0.1, -0.05) is 187 Å². The fourth-order valence-corrected chi connectivity index (χ4v) is 5.74. The first-order chi connectivity index (χ1) is 19.0. The van der Waals surface area contributed by atoms with Gasteiger partial charge in [-0.3, -0.25) is 4.18 Å². The fraction of sp³-hybridized carbons (Fsp3) is 0.941. The first-order valence-corrected chi connectivity index (χ1v) is 18.6. The second-order valence-corrected chi connectivity index (χ2v) is 13.0. The van der Waals surface area contributed by atoms with Gasteiger partial charge in [0.15, 0.2) is 0 Å². The topological polar surface area (TPSA) is 66.4 Å². The number of hydrogen-bond donors (Lipinski definition) is 0. The minimum absolute atomic E-state index is 0. The van der Waals surface area contributed by atoms with E-state index in [9.17, 15) is 13.0 Å². The average molecular weight is 611 g/mol. The van der Waals surface area contributed by atoms with Crippen LogP contribution in [0, 0.1) is 5.92 Å². The molecule has 0 bridgehead atoms. The summed E-state index contributed by atoms with van der Waals surface area (Å²) in [6.07, 6.45) is 41.0. The van der Waals surface area contributed by atoms with Crippen LogP contribution in [0.1, 0.15) is 194 Å². The second-order valence-electron chi connectivity index (χ2n) is 11.9. The first-order valence-electron chi connectivity index (χ1n) is 17.3. The van der Waals surface area contributed by atoms with Crippen LogP contribution in [0.5, 0.6) is 0 Å². The molecular formula is C34H67KO4S. The van der Waals surface area contributed by atoms with Gasteiger partial charge in [0.05, 0.1) is 6.61 Å². The molecule has 0 aromatic rings. The van der Waals surface area contributed by atoms with E-state index >= 15 is 0 Å². The molecule has 234 valence electrons. The van der Waals surface area contributed by atoms with Gasteiger partial charge < -0.3 is 4.55 Å². The Balaban J connectivity index is 0. The monoisotopic (exact) mass is 610 g/mol. The SMILES string of the molecule is CCCCCCCCCCCCCCCCCC/C=C/C(CCCCCCCCCCCC)COS(=O)(=O)[O-].[K+]. The summed E-state index contributed by atoms with van der Waals surface area (Å²) in [7, 11) is -4.62. The standard InChI is InChI=1S/C34H68O4S.K/c1-3-5-7-9-11-13-15-16-17-18-19-20-21-22-24-26-28-30-32-34(33-38-39(35,36)37)31-29-27-25-23-14-12-10-8-6-4-2;/h30,32,34H,3-29,31,33H2,1-2H3,(H,35,36,37);/q;+1/p-1/b32-30+;. The van der Waals surface area contributed by atoms with Crippen LogP contribution in [0.2, 0.25) is 0 Å². The van der Waals surface area contributed by atoms with Crippen molar-refractivity contribution in [3.05, 3.63) is 12.2 Å². The average Bonchev–Trinajstić information content (AvgIpc) is 2.91. The summed E-state index contributed by atoms with van der Waals surface area (Å²) in [5.74, 6) is 0.0174. The number of allylic oxidation sites excluding steroid dienone is 1. The maximum atomic E-state index is 10.9. The molecule has 0 amide bonds. The molecule has 1 atom stereocenters. The summed E-state index contributed by atoms with van der Waals surface area (Å²) in [4.78, 5) is 0. The molecule has 0 aromatic carbocycles. The summed E-state index contributed by atoms with van der Waals surface area (Å²) in [5, 5.41) is 0. The van der Waals surface area contributed by atoms with E-state index in [0.717, 1.165) is 19.3 Å². The van der Waals surface area contributed by atoms with Gasteiger partial charge in [-0.15, -0.1) is 0 Å². The predicted octanol–water partition coefficient (Wildman–Crippen LogP) is 8.60. The van der Waals surface area contributed by atoms with Crippen molar-refractivity contribution in [3.63, 3.8) is 0 Å². The van der Waals surface area contributed by atoms with Gasteiger partial charge in [-0.2, -0.15) is 0 Å². The summed E-state index contributed by atoms with van der Waals surface area (Å²) in [6.45, 7) is 4.52. The van der Waals surface area contributed by atoms with E-state index in [1.54, 1.807) is 0 Å². The number of rotatable bonds is 32. The molecule has 0 aromatic heterocycles. The van der Waals surface area contributed by atoms with Crippen LogP contribution in [-0.2, 0) is 14.6 Å². The second kappa shape index (κ2) is 34.7. The van der Waals surface area contributed by atoms with Crippen molar-refractivity contribution in [2.24, 2.45) is 5.92 Å². The summed E-state index contributed by atoms with van der Waals surface area (Å²) >= 11 is 0. The number of hydrogen-bond acceptors (Lipinski definition) is 4. The van der Waals surface area contributed by atoms with E-state index < -0.39 is 10.4 Å². The Hall–Kier alpha value is 1.25. The summed E-state index contributed by atoms with van der Waals surface area (Å²) < 4.78 is 37.3. The van der Waals surface area contributed by atoms with E-state index in [0.29, 0.717) is 0 Å². The fourth-order valence-electron chi connectivity index (χ4n) is 5.40. The van der Waals surface area contributed by atoms with Crippen LogP contribution >= 0.6 is 0 Å². The zero-order valence-electron chi connectivity index (χ0n) is 27.3. The Kier molecular flexibility index (Phi) is 37.7.